The smallest absolute Gasteiger partial charge is 0.309 e. The van der Waals surface area contributed by atoms with Gasteiger partial charge >= 0.3 is 5.97 Å². The van der Waals surface area contributed by atoms with Gasteiger partial charge < -0.3 is 5.11 Å². The van der Waals surface area contributed by atoms with Crippen LogP contribution in [0, 0.1) is 0 Å². The van der Waals surface area contributed by atoms with Crippen LogP contribution in [-0.4, -0.2) is 20.5 Å². The number of azo groups is 1. The molecule has 2 heterocycles. The largest absolute Gasteiger partial charge is 0.481 e. The molecule has 0 atom stereocenters. The van der Waals surface area contributed by atoms with Crippen LogP contribution in [0.3, 0.4) is 0 Å². The average Bonchev–Trinajstić information content (AvgIpc) is 2.83. The van der Waals surface area contributed by atoms with Gasteiger partial charge in [-0.3, -0.25) is 9.20 Å². The quantitative estimate of drug-likeness (QED) is 0.695. The number of nitrogens with zero attached hydrogens (tertiary/aromatic N) is 4. The Morgan fingerprint density at radius 2 is 1.87 bits per heavy atom. The fraction of sp³-hybridized carbons (Fsp3) is 0.0667. The normalized spacial score (nSPS) is 11.4. The lowest BCUT2D eigenvalue weighted by atomic mass is 10.3. The number of hydrogen-bond acceptors (Lipinski definition) is 4. The lowest BCUT2D eigenvalue weighted by Gasteiger charge is -2.00. The Labute approximate surface area is 141 Å². The molecular weight excluding hydrogens is 339 g/mol. The molecule has 0 spiro atoms. The SMILES string of the molecule is O=C(O)Cc1nc2ccccn2c1N=Nc1c(Cl)cccc1Cl. The first-order valence-electron chi connectivity index (χ1n) is 6.60. The van der Waals surface area contributed by atoms with E-state index in [1.54, 1.807) is 47.0 Å². The molecule has 0 fully saturated rings. The van der Waals surface area contributed by atoms with Crippen molar-refractivity contribution in [2.75, 3.05) is 0 Å². The van der Waals surface area contributed by atoms with E-state index >= 15 is 0 Å². The molecule has 3 aromatic rings. The van der Waals surface area contributed by atoms with Crippen LogP contribution in [0.15, 0.2) is 52.8 Å². The van der Waals surface area contributed by atoms with Crippen LogP contribution >= 0.6 is 23.2 Å². The van der Waals surface area contributed by atoms with Gasteiger partial charge in [0.2, 0.25) is 0 Å². The van der Waals surface area contributed by atoms with Gasteiger partial charge in [-0.2, -0.15) is 0 Å². The van der Waals surface area contributed by atoms with Crippen molar-refractivity contribution in [2.45, 2.75) is 6.42 Å². The number of carbonyl (C=O) groups is 1. The lowest BCUT2D eigenvalue weighted by Crippen LogP contribution is -2.00. The molecular formula is C15H10Cl2N4O2. The van der Waals surface area contributed by atoms with E-state index in [4.69, 9.17) is 28.3 Å². The summed E-state index contributed by atoms with van der Waals surface area (Å²) in [5.74, 6) is -0.667. The first kappa shape index (κ1) is 15.5. The first-order chi connectivity index (χ1) is 11.1. The molecule has 2 aromatic heterocycles. The third-order valence-corrected chi connectivity index (χ3v) is 3.69. The molecule has 0 unspecified atom stereocenters. The summed E-state index contributed by atoms with van der Waals surface area (Å²) in [6, 6.07) is 10.4. The molecule has 0 saturated carbocycles. The molecule has 23 heavy (non-hydrogen) atoms. The summed E-state index contributed by atoms with van der Waals surface area (Å²) >= 11 is 12.1. The maximum atomic E-state index is 11.0. The Balaban J connectivity index is 2.11. The maximum Gasteiger partial charge on any atom is 0.309 e. The van der Waals surface area contributed by atoms with E-state index in [9.17, 15) is 4.79 Å². The standard InChI is InChI=1S/C15H10Cl2N4O2/c16-9-4-3-5-10(17)14(9)19-20-15-11(8-13(22)23)18-12-6-1-2-7-21(12)15/h1-7H,8H2,(H,22,23). The molecule has 1 N–H and O–H groups in total. The Bertz CT molecular complexity index is 901. The predicted octanol–water partition coefficient (Wildman–Crippen LogP) is 4.68. The van der Waals surface area contributed by atoms with Crippen molar-refractivity contribution in [3.63, 3.8) is 0 Å². The van der Waals surface area contributed by atoms with E-state index < -0.39 is 5.97 Å². The lowest BCUT2D eigenvalue weighted by molar-refractivity contribution is -0.136. The van der Waals surface area contributed by atoms with Gasteiger partial charge in [-0.25, -0.2) is 4.98 Å². The van der Waals surface area contributed by atoms with Gasteiger partial charge in [-0.1, -0.05) is 35.3 Å². The highest BCUT2D eigenvalue weighted by Crippen LogP contribution is 2.34. The number of halogens is 2. The average molecular weight is 349 g/mol. The Hall–Kier alpha value is -2.44. The van der Waals surface area contributed by atoms with Crippen LogP contribution in [0.5, 0.6) is 0 Å². The second kappa shape index (κ2) is 6.36. The molecule has 0 amide bonds. The first-order valence-corrected chi connectivity index (χ1v) is 7.35. The zero-order valence-electron chi connectivity index (χ0n) is 11.6. The monoisotopic (exact) mass is 348 g/mol. The Morgan fingerprint density at radius 3 is 2.57 bits per heavy atom. The number of rotatable bonds is 4. The van der Waals surface area contributed by atoms with Crippen LogP contribution in [-0.2, 0) is 11.2 Å². The number of hydrogen-bond donors (Lipinski definition) is 1. The van der Waals surface area contributed by atoms with Crippen molar-refractivity contribution in [2.24, 2.45) is 10.2 Å². The second-order valence-corrected chi connectivity index (χ2v) is 5.47. The topological polar surface area (TPSA) is 79.3 Å². The summed E-state index contributed by atoms with van der Waals surface area (Å²) in [7, 11) is 0. The molecule has 0 bridgehead atoms. The molecule has 1 aromatic carbocycles. The van der Waals surface area contributed by atoms with Gasteiger partial charge in [0.25, 0.3) is 0 Å². The van der Waals surface area contributed by atoms with E-state index in [2.05, 4.69) is 15.2 Å². The Morgan fingerprint density at radius 1 is 1.13 bits per heavy atom. The summed E-state index contributed by atoms with van der Waals surface area (Å²) in [4.78, 5) is 15.3. The Kier molecular flexibility index (Phi) is 4.27. The number of aliphatic carboxylic acids is 1. The molecule has 0 saturated heterocycles. The number of carboxylic acids is 1. The second-order valence-electron chi connectivity index (χ2n) is 4.65. The summed E-state index contributed by atoms with van der Waals surface area (Å²) in [5, 5.41) is 17.9. The van der Waals surface area contributed by atoms with Crippen LogP contribution < -0.4 is 0 Å². The third-order valence-electron chi connectivity index (χ3n) is 3.08. The molecule has 0 aliphatic heterocycles. The minimum absolute atomic E-state index is 0.258. The van der Waals surface area contributed by atoms with Crippen molar-refractivity contribution in [1.82, 2.24) is 9.38 Å². The van der Waals surface area contributed by atoms with E-state index in [0.717, 1.165) is 0 Å². The van der Waals surface area contributed by atoms with Gasteiger partial charge in [0, 0.05) is 6.20 Å². The molecule has 8 heteroatoms. The van der Waals surface area contributed by atoms with Crippen LogP contribution in [0.1, 0.15) is 5.69 Å². The number of pyridine rings is 1. The third kappa shape index (κ3) is 3.18. The predicted molar refractivity (Wildman–Crippen MR) is 87.2 cm³/mol. The molecule has 0 aliphatic carbocycles. The molecule has 0 radical (unpaired) electrons. The highest BCUT2D eigenvalue weighted by Gasteiger charge is 2.15. The highest BCUT2D eigenvalue weighted by atomic mass is 35.5. The highest BCUT2D eigenvalue weighted by molar-refractivity contribution is 6.38. The summed E-state index contributed by atoms with van der Waals surface area (Å²) in [5.41, 5.74) is 1.22. The number of aromatic nitrogens is 2. The number of imidazole rings is 1. The fourth-order valence-corrected chi connectivity index (χ4v) is 2.55. The molecule has 0 aliphatic rings. The van der Waals surface area contributed by atoms with E-state index in [-0.39, 0.29) is 6.42 Å². The van der Waals surface area contributed by atoms with Gasteiger partial charge in [-0.15, -0.1) is 10.2 Å². The minimum atomic E-state index is -0.999. The zero-order valence-corrected chi connectivity index (χ0v) is 13.2. The van der Waals surface area contributed by atoms with Crippen LogP contribution in [0.4, 0.5) is 11.5 Å². The van der Waals surface area contributed by atoms with Gasteiger partial charge in [-0.05, 0) is 24.3 Å². The van der Waals surface area contributed by atoms with Gasteiger partial charge in [0.05, 0.1) is 22.2 Å². The molecule has 116 valence electrons. The maximum absolute atomic E-state index is 11.0. The van der Waals surface area contributed by atoms with Crippen molar-refractivity contribution in [1.29, 1.82) is 0 Å². The number of carboxylic acid groups (broad SMARTS) is 1. The number of benzene rings is 1. The number of fused-ring (bicyclic) bond motifs is 1. The van der Waals surface area contributed by atoms with Crippen LogP contribution in [0.25, 0.3) is 5.65 Å². The minimum Gasteiger partial charge on any atom is -0.481 e. The summed E-state index contributed by atoms with van der Waals surface area (Å²) < 4.78 is 1.66. The summed E-state index contributed by atoms with van der Waals surface area (Å²) in [6.07, 6.45) is 1.47. The van der Waals surface area contributed by atoms with Crippen molar-refractivity contribution < 1.29 is 9.90 Å². The van der Waals surface area contributed by atoms with Gasteiger partial charge in [0.15, 0.2) is 5.82 Å². The van der Waals surface area contributed by atoms with Crippen molar-refractivity contribution in [3.05, 3.63) is 58.3 Å². The van der Waals surface area contributed by atoms with Crippen molar-refractivity contribution in [3.8, 4) is 0 Å². The van der Waals surface area contributed by atoms with E-state index in [1.165, 1.54) is 0 Å². The van der Waals surface area contributed by atoms with E-state index in [1.807, 2.05) is 0 Å². The molecule has 3 rings (SSSR count). The summed E-state index contributed by atoms with van der Waals surface area (Å²) in [6.45, 7) is 0. The molecule has 6 nitrogen and oxygen atoms in total. The van der Waals surface area contributed by atoms with Gasteiger partial charge in [0.1, 0.15) is 11.3 Å². The van der Waals surface area contributed by atoms with E-state index in [0.29, 0.717) is 32.9 Å². The van der Waals surface area contributed by atoms with Crippen LogP contribution in [0.2, 0.25) is 10.0 Å². The van der Waals surface area contributed by atoms with Crippen molar-refractivity contribution >= 4 is 46.3 Å². The zero-order chi connectivity index (χ0) is 16.4. The fourth-order valence-electron chi connectivity index (χ4n) is 2.08.